The van der Waals surface area contributed by atoms with Crippen molar-refractivity contribution in [2.45, 2.75) is 43.5 Å². The van der Waals surface area contributed by atoms with E-state index in [0.29, 0.717) is 12.8 Å². The monoisotopic (exact) mass is 482 g/mol. The summed E-state index contributed by atoms with van der Waals surface area (Å²) in [5, 5.41) is 0. The van der Waals surface area contributed by atoms with E-state index in [1.807, 2.05) is 0 Å². The highest BCUT2D eigenvalue weighted by Crippen LogP contribution is 2.63. The first-order valence-electron chi connectivity index (χ1n) is 7.12. The number of benzene rings is 1. The summed E-state index contributed by atoms with van der Waals surface area (Å²) in [5.74, 6) is -3.89. The van der Waals surface area contributed by atoms with Gasteiger partial charge in [-0.1, -0.05) is 12.8 Å². The number of hydrogen-bond donors (Lipinski definition) is 0. The largest absolute Gasteiger partial charge is 0.534 e. The van der Waals surface area contributed by atoms with E-state index in [2.05, 4.69) is 4.18 Å². The molecule has 1 aromatic rings. The molecule has 2 aliphatic rings. The fourth-order valence-corrected chi connectivity index (χ4v) is 4.95. The molecule has 0 radical (unpaired) electrons. The SMILES string of the molecule is O=S(=O)(Oc1ccc(I)c2c1CC1(CCCC1)C2(F)F)C(F)(F)F. The number of rotatable bonds is 2. The molecule has 1 spiro atoms. The highest BCUT2D eigenvalue weighted by molar-refractivity contribution is 14.1. The summed E-state index contributed by atoms with van der Waals surface area (Å²) in [6.45, 7) is 0. The van der Waals surface area contributed by atoms with Crippen LogP contribution in [-0.4, -0.2) is 13.9 Å². The average molecular weight is 482 g/mol. The quantitative estimate of drug-likeness (QED) is 0.265. The van der Waals surface area contributed by atoms with Crippen LogP contribution in [0.25, 0.3) is 0 Å². The van der Waals surface area contributed by atoms with Crippen LogP contribution in [0.2, 0.25) is 0 Å². The first-order chi connectivity index (χ1) is 10.9. The Balaban J connectivity index is 2.11. The van der Waals surface area contributed by atoms with Gasteiger partial charge in [0.15, 0.2) is 0 Å². The first kappa shape index (κ1) is 18.2. The molecule has 2 aliphatic carbocycles. The lowest BCUT2D eigenvalue weighted by Crippen LogP contribution is -2.33. The van der Waals surface area contributed by atoms with E-state index in [-0.39, 0.29) is 28.4 Å². The van der Waals surface area contributed by atoms with Crippen molar-refractivity contribution in [3.8, 4) is 5.75 Å². The molecule has 1 aromatic carbocycles. The van der Waals surface area contributed by atoms with Gasteiger partial charge < -0.3 is 4.18 Å². The van der Waals surface area contributed by atoms with Gasteiger partial charge in [0.25, 0.3) is 5.92 Å². The van der Waals surface area contributed by atoms with Crippen LogP contribution in [-0.2, 0) is 22.5 Å². The Morgan fingerprint density at radius 1 is 1.12 bits per heavy atom. The maximum absolute atomic E-state index is 15.0. The van der Waals surface area contributed by atoms with Crippen LogP contribution in [0.15, 0.2) is 12.1 Å². The van der Waals surface area contributed by atoms with Crippen molar-refractivity contribution in [1.82, 2.24) is 0 Å². The third kappa shape index (κ3) is 2.51. The molecule has 1 saturated carbocycles. The molecule has 0 unspecified atom stereocenters. The van der Waals surface area contributed by atoms with Crippen LogP contribution in [0.3, 0.4) is 0 Å². The molecule has 0 aliphatic heterocycles. The summed E-state index contributed by atoms with van der Waals surface area (Å²) in [4.78, 5) is 0. The van der Waals surface area contributed by atoms with Crippen molar-refractivity contribution in [3.05, 3.63) is 26.8 Å². The molecule has 0 aromatic heterocycles. The van der Waals surface area contributed by atoms with E-state index >= 15 is 0 Å². The number of fused-ring (bicyclic) bond motifs is 1. The lowest BCUT2D eigenvalue weighted by atomic mass is 9.80. The van der Waals surface area contributed by atoms with Crippen LogP contribution in [0.1, 0.15) is 36.8 Å². The molecule has 0 N–H and O–H groups in total. The van der Waals surface area contributed by atoms with E-state index in [4.69, 9.17) is 0 Å². The minimum absolute atomic E-state index is 0.137. The zero-order chi connectivity index (χ0) is 18.0. The molecular weight excluding hydrogens is 470 g/mol. The Kier molecular flexibility index (Phi) is 4.10. The number of halogens is 6. The Labute approximate surface area is 148 Å². The molecule has 1 fully saturated rings. The summed E-state index contributed by atoms with van der Waals surface area (Å²) in [6, 6.07) is 2.16. The third-order valence-electron chi connectivity index (χ3n) is 4.76. The Bertz CT molecular complexity index is 782. The van der Waals surface area contributed by atoms with Gasteiger partial charge in [0.05, 0.1) is 0 Å². The van der Waals surface area contributed by atoms with Crippen molar-refractivity contribution in [2.75, 3.05) is 0 Å². The fourth-order valence-electron chi connectivity index (χ4n) is 3.62. The molecule has 10 heteroatoms. The van der Waals surface area contributed by atoms with Crippen molar-refractivity contribution < 1.29 is 34.6 Å². The summed E-state index contributed by atoms with van der Waals surface area (Å²) >= 11 is 1.68. The van der Waals surface area contributed by atoms with Gasteiger partial charge in [-0.15, -0.1) is 0 Å². The van der Waals surface area contributed by atoms with Crippen LogP contribution in [0.4, 0.5) is 22.0 Å². The fraction of sp³-hybridized carbons (Fsp3) is 0.571. The molecule has 0 atom stereocenters. The van der Waals surface area contributed by atoms with E-state index < -0.39 is 38.3 Å². The lowest BCUT2D eigenvalue weighted by Gasteiger charge is -2.31. The highest BCUT2D eigenvalue weighted by atomic mass is 127. The standard InChI is InChI=1S/C14H12F5IO3S/c15-13(16)11-8(7-12(13)5-1-2-6-12)10(4-3-9(11)20)23-24(21,22)14(17,18)19/h3-4H,1-2,5-7H2. The minimum Gasteiger partial charge on any atom is -0.376 e. The zero-order valence-electron chi connectivity index (χ0n) is 12.1. The van der Waals surface area contributed by atoms with Gasteiger partial charge in [0, 0.05) is 20.1 Å². The van der Waals surface area contributed by atoms with Crippen molar-refractivity contribution in [3.63, 3.8) is 0 Å². The van der Waals surface area contributed by atoms with Gasteiger partial charge in [-0.2, -0.15) is 21.6 Å². The summed E-state index contributed by atoms with van der Waals surface area (Å²) in [6.07, 6.45) is 1.52. The van der Waals surface area contributed by atoms with E-state index in [9.17, 15) is 30.4 Å². The van der Waals surface area contributed by atoms with E-state index in [0.717, 1.165) is 12.1 Å². The lowest BCUT2D eigenvalue weighted by molar-refractivity contribution is -0.115. The molecule has 24 heavy (non-hydrogen) atoms. The Hall–Kier alpha value is -0.650. The second kappa shape index (κ2) is 5.42. The average Bonchev–Trinajstić information content (AvgIpc) is 2.98. The van der Waals surface area contributed by atoms with Gasteiger partial charge in [-0.25, -0.2) is 8.78 Å². The molecule has 3 rings (SSSR count). The molecular formula is C14H12F5IO3S. The Morgan fingerprint density at radius 2 is 1.71 bits per heavy atom. The molecule has 0 heterocycles. The van der Waals surface area contributed by atoms with E-state index in [1.165, 1.54) is 0 Å². The summed E-state index contributed by atoms with van der Waals surface area (Å²) in [7, 11) is -5.90. The predicted molar refractivity (Wildman–Crippen MR) is 83.3 cm³/mol. The van der Waals surface area contributed by atoms with Gasteiger partial charge in [-0.05, 0) is 54.0 Å². The maximum atomic E-state index is 15.0. The predicted octanol–water partition coefficient (Wildman–Crippen LogP) is 4.73. The first-order valence-corrected chi connectivity index (χ1v) is 9.60. The highest BCUT2D eigenvalue weighted by Gasteiger charge is 2.62. The third-order valence-corrected chi connectivity index (χ3v) is 6.62. The van der Waals surface area contributed by atoms with E-state index in [1.54, 1.807) is 22.6 Å². The summed E-state index contributed by atoms with van der Waals surface area (Å²) in [5.41, 5.74) is -7.52. The molecule has 134 valence electrons. The number of alkyl halides is 5. The Morgan fingerprint density at radius 3 is 2.25 bits per heavy atom. The van der Waals surface area contributed by atoms with Crippen LogP contribution >= 0.6 is 22.6 Å². The molecule has 3 nitrogen and oxygen atoms in total. The maximum Gasteiger partial charge on any atom is 0.534 e. The molecule has 0 bridgehead atoms. The van der Waals surface area contributed by atoms with Crippen LogP contribution in [0, 0.1) is 8.99 Å². The number of hydrogen-bond acceptors (Lipinski definition) is 3. The zero-order valence-corrected chi connectivity index (χ0v) is 15.1. The minimum atomic E-state index is -5.90. The smallest absolute Gasteiger partial charge is 0.376 e. The van der Waals surface area contributed by atoms with Crippen LogP contribution in [0.5, 0.6) is 5.75 Å². The second-order valence-corrected chi connectivity index (χ2v) is 8.82. The van der Waals surface area contributed by atoms with Crippen molar-refractivity contribution >= 4 is 32.7 Å². The van der Waals surface area contributed by atoms with Crippen molar-refractivity contribution in [2.24, 2.45) is 5.41 Å². The van der Waals surface area contributed by atoms with Gasteiger partial charge in [0.2, 0.25) is 0 Å². The van der Waals surface area contributed by atoms with Gasteiger partial charge in [-0.3, -0.25) is 0 Å². The summed E-state index contributed by atoms with van der Waals surface area (Å²) < 4.78 is 94.4. The van der Waals surface area contributed by atoms with Gasteiger partial charge in [0.1, 0.15) is 5.75 Å². The van der Waals surface area contributed by atoms with Gasteiger partial charge >= 0.3 is 15.6 Å². The van der Waals surface area contributed by atoms with Crippen LogP contribution < -0.4 is 4.18 Å². The van der Waals surface area contributed by atoms with Crippen molar-refractivity contribution in [1.29, 1.82) is 0 Å². The normalized spacial score (nSPS) is 21.9. The topological polar surface area (TPSA) is 43.4 Å². The molecule has 0 amide bonds. The molecule has 0 saturated heterocycles. The second-order valence-electron chi connectivity index (χ2n) is 6.12.